The van der Waals surface area contributed by atoms with Gasteiger partial charge in [-0.05, 0) is 38.4 Å². The van der Waals surface area contributed by atoms with E-state index in [9.17, 15) is 18.4 Å². The minimum absolute atomic E-state index is 0.0101. The molecule has 0 aliphatic carbocycles. The van der Waals surface area contributed by atoms with Gasteiger partial charge < -0.3 is 10.2 Å². The average Bonchev–Trinajstić information content (AvgIpc) is 3.39. The van der Waals surface area contributed by atoms with Gasteiger partial charge in [0.25, 0.3) is 0 Å². The zero-order valence-electron chi connectivity index (χ0n) is 17.6. The number of aromatic nitrogens is 3. The number of nitriles is 1. The highest BCUT2D eigenvalue weighted by atomic mass is 19.3. The van der Waals surface area contributed by atoms with Crippen molar-refractivity contribution in [1.29, 1.82) is 5.26 Å². The Bertz CT molecular complexity index is 1170. The molecule has 31 heavy (non-hydrogen) atoms. The molecule has 4 rings (SSSR count). The van der Waals surface area contributed by atoms with Gasteiger partial charge in [-0.2, -0.15) is 18.6 Å². The number of hydrogen-bond donors (Lipinski definition) is 1. The van der Waals surface area contributed by atoms with E-state index in [0.29, 0.717) is 24.5 Å². The molecule has 3 heterocycles. The van der Waals surface area contributed by atoms with Gasteiger partial charge in [0.15, 0.2) is 12.3 Å². The maximum absolute atomic E-state index is 14.1. The lowest BCUT2D eigenvalue weighted by molar-refractivity contribution is -0.0362. The fourth-order valence-electron chi connectivity index (χ4n) is 4.12. The van der Waals surface area contributed by atoms with Crippen LogP contribution in [-0.2, 0) is 5.92 Å². The molecule has 0 bridgehead atoms. The Morgan fingerprint density at radius 2 is 2.00 bits per heavy atom. The lowest BCUT2D eigenvalue weighted by Gasteiger charge is -2.27. The highest BCUT2D eigenvalue weighted by Crippen LogP contribution is 2.40. The van der Waals surface area contributed by atoms with E-state index in [0.717, 1.165) is 17.5 Å². The maximum Gasteiger partial charge on any atom is 0.336 e. The molecule has 0 amide bonds. The molecule has 1 N–H and O–H groups in total. The number of nitrogens with one attached hydrogen (secondary N) is 1. The predicted octanol–water partition coefficient (Wildman–Crippen LogP) is 3.83. The molecule has 0 unspecified atom stereocenters. The first-order valence-corrected chi connectivity index (χ1v) is 10.0. The van der Waals surface area contributed by atoms with Crippen molar-refractivity contribution < 1.29 is 13.2 Å². The summed E-state index contributed by atoms with van der Waals surface area (Å²) in [5, 5.41) is 17.1. The van der Waals surface area contributed by atoms with Gasteiger partial charge in [-0.1, -0.05) is 30.3 Å². The van der Waals surface area contributed by atoms with Crippen molar-refractivity contribution in [3.8, 4) is 17.2 Å². The number of anilines is 1. The molecule has 9 heteroatoms. The number of benzene rings is 1. The van der Waals surface area contributed by atoms with Crippen LogP contribution >= 0.6 is 0 Å². The van der Waals surface area contributed by atoms with E-state index in [-0.39, 0.29) is 16.7 Å². The van der Waals surface area contributed by atoms with Crippen molar-refractivity contribution in [2.24, 2.45) is 0 Å². The molecular formula is C22H23F3N6. The number of likely N-dealkylation sites (N-methyl/N-ethyl adjacent to an activating group) is 1. The van der Waals surface area contributed by atoms with Crippen LogP contribution in [0.5, 0.6) is 0 Å². The highest BCUT2D eigenvalue weighted by Gasteiger charge is 2.40. The normalized spacial score (nSPS) is 19.2. The molecule has 1 fully saturated rings. The fraction of sp³-hybridized carbons (Fsp3) is 0.409. The number of halogens is 3. The highest BCUT2D eigenvalue weighted by molar-refractivity contribution is 5.85. The van der Waals surface area contributed by atoms with Gasteiger partial charge in [-0.25, -0.2) is 9.37 Å². The van der Waals surface area contributed by atoms with E-state index in [4.69, 9.17) is 0 Å². The summed E-state index contributed by atoms with van der Waals surface area (Å²) in [5.41, 5.74) is 2.17. The number of pyridine rings is 1. The Labute approximate surface area is 178 Å². The molecule has 3 aromatic rings. The summed E-state index contributed by atoms with van der Waals surface area (Å²) in [6.07, 6.45) is 0.834. The number of alkyl halides is 3. The van der Waals surface area contributed by atoms with Crippen LogP contribution in [0.2, 0.25) is 0 Å². The lowest BCUT2D eigenvalue weighted by Crippen LogP contribution is -2.42. The number of rotatable bonds is 5. The van der Waals surface area contributed by atoms with E-state index in [1.54, 1.807) is 6.92 Å². The molecule has 0 radical (unpaired) electrons. The summed E-state index contributed by atoms with van der Waals surface area (Å²) in [6.45, 7) is 3.23. The summed E-state index contributed by atoms with van der Waals surface area (Å²) >= 11 is 0. The van der Waals surface area contributed by atoms with E-state index < -0.39 is 18.4 Å². The summed E-state index contributed by atoms with van der Waals surface area (Å²) in [5.74, 6) is -4.18. The first-order chi connectivity index (χ1) is 14.7. The van der Waals surface area contributed by atoms with Crippen LogP contribution in [0, 0.1) is 18.3 Å². The molecule has 1 saturated heterocycles. The Kier molecular flexibility index (Phi) is 5.13. The Balaban J connectivity index is 2.07. The fourth-order valence-corrected chi connectivity index (χ4v) is 4.12. The largest absolute Gasteiger partial charge is 0.354 e. The van der Waals surface area contributed by atoms with Crippen molar-refractivity contribution in [1.82, 2.24) is 19.9 Å². The molecule has 0 spiro atoms. The third kappa shape index (κ3) is 3.41. The third-order valence-corrected chi connectivity index (χ3v) is 6.05. The summed E-state index contributed by atoms with van der Waals surface area (Å²) in [6, 6.07) is 11.5. The van der Waals surface area contributed by atoms with Crippen molar-refractivity contribution in [2.75, 3.05) is 31.7 Å². The SMILES string of the molecule is CN[C@@]1(C)CCN(c2c(-c3ccccc3)c(C)c(C#N)c3nc(C(F)(F)CF)nn23)C1. The van der Waals surface area contributed by atoms with Crippen molar-refractivity contribution >= 4 is 11.5 Å². The second kappa shape index (κ2) is 7.54. The number of nitrogens with zero attached hydrogens (tertiary/aromatic N) is 5. The molecule has 162 valence electrons. The van der Waals surface area contributed by atoms with Gasteiger partial charge in [0.1, 0.15) is 17.5 Å². The van der Waals surface area contributed by atoms with Crippen molar-refractivity contribution in [3.05, 3.63) is 47.3 Å². The lowest BCUT2D eigenvalue weighted by atomic mass is 9.97. The molecule has 0 saturated carbocycles. The molecule has 1 aliphatic rings. The van der Waals surface area contributed by atoms with Crippen LogP contribution < -0.4 is 10.2 Å². The topological polar surface area (TPSA) is 69.2 Å². The van der Waals surface area contributed by atoms with E-state index in [1.807, 2.05) is 37.4 Å². The molecule has 1 aliphatic heterocycles. The van der Waals surface area contributed by atoms with Crippen LogP contribution in [0.4, 0.5) is 19.0 Å². The minimum Gasteiger partial charge on any atom is -0.354 e. The summed E-state index contributed by atoms with van der Waals surface area (Å²) < 4.78 is 42.6. The number of hydrogen-bond acceptors (Lipinski definition) is 5. The smallest absolute Gasteiger partial charge is 0.336 e. The van der Waals surface area contributed by atoms with E-state index in [1.165, 1.54) is 4.52 Å². The van der Waals surface area contributed by atoms with Crippen LogP contribution in [0.1, 0.15) is 30.3 Å². The molecular weight excluding hydrogens is 405 g/mol. The quantitative estimate of drug-likeness (QED) is 0.669. The van der Waals surface area contributed by atoms with Crippen molar-refractivity contribution in [3.63, 3.8) is 0 Å². The first kappa shape index (κ1) is 21.1. The maximum atomic E-state index is 14.1. The van der Waals surface area contributed by atoms with Gasteiger partial charge >= 0.3 is 5.92 Å². The van der Waals surface area contributed by atoms with Crippen LogP contribution in [-0.4, -0.2) is 46.9 Å². The predicted molar refractivity (Wildman–Crippen MR) is 112 cm³/mol. The van der Waals surface area contributed by atoms with E-state index in [2.05, 4.69) is 33.3 Å². The monoisotopic (exact) mass is 428 g/mol. The third-order valence-electron chi connectivity index (χ3n) is 6.05. The zero-order valence-corrected chi connectivity index (χ0v) is 17.6. The van der Waals surface area contributed by atoms with E-state index >= 15 is 0 Å². The van der Waals surface area contributed by atoms with Crippen LogP contribution in [0.25, 0.3) is 16.8 Å². The average molecular weight is 428 g/mol. The van der Waals surface area contributed by atoms with Gasteiger partial charge in [0.2, 0.25) is 5.82 Å². The molecule has 1 atom stereocenters. The van der Waals surface area contributed by atoms with Crippen molar-refractivity contribution in [2.45, 2.75) is 31.7 Å². The first-order valence-electron chi connectivity index (χ1n) is 10.0. The van der Waals surface area contributed by atoms with Crippen LogP contribution in [0.15, 0.2) is 30.3 Å². The molecule has 6 nitrogen and oxygen atoms in total. The minimum atomic E-state index is -3.83. The summed E-state index contributed by atoms with van der Waals surface area (Å²) in [4.78, 5) is 5.97. The van der Waals surface area contributed by atoms with Crippen LogP contribution in [0.3, 0.4) is 0 Å². The van der Waals surface area contributed by atoms with Gasteiger partial charge in [0, 0.05) is 24.2 Å². The molecule has 2 aromatic heterocycles. The second-order valence-corrected chi connectivity index (χ2v) is 8.17. The standard InChI is InChI=1S/C22H23F3N6/c1-14-16(11-26)18-28-20(22(24,25)12-23)29-31(18)19(17(14)15-7-5-4-6-8-15)30-10-9-21(2,13-30)27-3/h4-8,27H,9-10,12-13H2,1-3H3/t21-/m0/s1. The Morgan fingerprint density at radius 1 is 1.29 bits per heavy atom. The Morgan fingerprint density at radius 3 is 2.58 bits per heavy atom. The van der Waals surface area contributed by atoms with Gasteiger partial charge in [-0.3, -0.25) is 0 Å². The molecule has 1 aromatic carbocycles. The van der Waals surface area contributed by atoms with Gasteiger partial charge in [-0.15, -0.1) is 5.10 Å². The second-order valence-electron chi connectivity index (χ2n) is 8.17. The number of fused-ring (bicyclic) bond motifs is 1. The Hall–Kier alpha value is -3.12. The zero-order chi connectivity index (χ0) is 22.4. The van der Waals surface area contributed by atoms with Gasteiger partial charge in [0.05, 0.1) is 0 Å². The summed E-state index contributed by atoms with van der Waals surface area (Å²) in [7, 11) is 1.89.